The number of methoxy groups -OCH3 is 1. The molecule has 0 aliphatic rings. The summed E-state index contributed by atoms with van der Waals surface area (Å²) >= 11 is 3.44. The molecule has 27 heavy (non-hydrogen) atoms. The number of ether oxygens (including phenoxy) is 2. The molecule has 0 spiro atoms. The van der Waals surface area contributed by atoms with Gasteiger partial charge in [-0.1, -0.05) is 28.8 Å². The fourth-order valence-electron chi connectivity index (χ4n) is 2.86. The van der Waals surface area contributed by atoms with E-state index in [0.29, 0.717) is 23.3 Å². The third kappa shape index (κ3) is 5.13. The monoisotopic (exact) mass is 430 g/mol. The van der Waals surface area contributed by atoms with Crippen molar-refractivity contribution in [1.29, 1.82) is 0 Å². The minimum Gasteiger partial charge on any atom is -0.497 e. The van der Waals surface area contributed by atoms with Gasteiger partial charge in [0.05, 0.1) is 19.1 Å². The minimum absolute atomic E-state index is 0.0663. The van der Waals surface area contributed by atoms with E-state index in [4.69, 9.17) is 13.9 Å². The highest BCUT2D eigenvalue weighted by Crippen LogP contribution is 2.26. The summed E-state index contributed by atoms with van der Waals surface area (Å²) in [5, 5.41) is 1.60. The molecule has 1 aromatic heterocycles. The first-order chi connectivity index (χ1) is 13.2. The van der Waals surface area contributed by atoms with Gasteiger partial charge in [-0.2, -0.15) is 0 Å². The molecule has 0 fully saturated rings. The lowest BCUT2D eigenvalue weighted by atomic mass is 10.1. The molecule has 3 aromatic rings. The van der Waals surface area contributed by atoms with E-state index in [1.165, 1.54) is 18.9 Å². The van der Waals surface area contributed by atoms with Gasteiger partial charge in [-0.3, -0.25) is 4.79 Å². The SMILES string of the molecule is COc1ccc(-c2cc(=O)c3ccc(OCCCCCCBr)cc3o2)cc1. The van der Waals surface area contributed by atoms with E-state index in [9.17, 15) is 4.79 Å². The average molecular weight is 431 g/mol. The number of benzene rings is 2. The minimum atomic E-state index is -0.0663. The Morgan fingerprint density at radius 2 is 1.67 bits per heavy atom. The van der Waals surface area contributed by atoms with Gasteiger partial charge in [0.25, 0.3) is 0 Å². The van der Waals surface area contributed by atoms with Gasteiger partial charge >= 0.3 is 0 Å². The Hall–Kier alpha value is -2.27. The van der Waals surface area contributed by atoms with Crippen molar-refractivity contribution in [1.82, 2.24) is 0 Å². The zero-order valence-electron chi connectivity index (χ0n) is 15.4. The molecule has 1 heterocycles. The van der Waals surface area contributed by atoms with Gasteiger partial charge in [0, 0.05) is 23.0 Å². The van der Waals surface area contributed by atoms with Crippen LogP contribution in [0.2, 0.25) is 0 Å². The van der Waals surface area contributed by atoms with Crippen molar-refractivity contribution in [3.05, 3.63) is 58.8 Å². The Morgan fingerprint density at radius 3 is 2.41 bits per heavy atom. The molecule has 3 rings (SSSR count). The summed E-state index contributed by atoms with van der Waals surface area (Å²) in [6.45, 7) is 0.663. The van der Waals surface area contributed by atoms with E-state index >= 15 is 0 Å². The van der Waals surface area contributed by atoms with E-state index in [1.54, 1.807) is 19.2 Å². The number of hydrogen-bond acceptors (Lipinski definition) is 4. The number of unbranched alkanes of at least 4 members (excludes halogenated alkanes) is 3. The van der Waals surface area contributed by atoms with Crippen LogP contribution in [-0.4, -0.2) is 19.0 Å². The fraction of sp³-hybridized carbons (Fsp3) is 0.318. The van der Waals surface area contributed by atoms with Gasteiger partial charge < -0.3 is 13.9 Å². The Balaban J connectivity index is 1.77. The maximum atomic E-state index is 12.4. The van der Waals surface area contributed by atoms with E-state index in [0.717, 1.165) is 35.2 Å². The first-order valence-electron chi connectivity index (χ1n) is 9.12. The maximum absolute atomic E-state index is 12.4. The van der Waals surface area contributed by atoms with Crippen molar-refractivity contribution in [3.63, 3.8) is 0 Å². The lowest BCUT2D eigenvalue weighted by Crippen LogP contribution is -2.02. The highest BCUT2D eigenvalue weighted by atomic mass is 79.9. The molecule has 0 amide bonds. The van der Waals surface area contributed by atoms with Crippen molar-refractivity contribution in [2.24, 2.45) is 0 Å². The van der Waals surface area contributed by atoms with Crippen LogP contribution in [0.15, 0.2) is 57.7 Å². The Bertz CT molecular complexity index is 931. The van der Waals surface area contributed by atoms with Crippen molar-refractivity contribution in [3.8, 4) is 22.8 Å². The van der Waals surface area contributed by atoms with Crippen LogP contribution in [0.3, 0.4) is 0 Å². The van der Waals surface area contributed by atoms with Crippen LogP contribution in [-0.2, 0) is 0 Å². The zero-order valence-corrected chi connectivity index (χ0v) is 17.0. The van der Waals surface area contributed by atoms with Gasteiger partial charge in [0.1, 0.15) is 22.8 Å². The summed E-state index contributed by atoms with van der Waals surface area (Å²) in [5.74, 6) is 2.01. The lowest BCUT2D eigenvalue weighted by molar-refractivity contribution is 0.305. The van der Waals surface area contributed by atoms with E-state index < -0.39 is 0 Å². The summed E-state index contributed by atoms with van der Waals surface area (Å²) in [7, 11) is 1.62. The van der Waals surface area contributed by atoms with E-state index in [2.05, 4.69) is 15.9 Å². The van der Waals surface area contributed by atoms with Gasteiger partial charge in [-0.05, 0) is 49.2 Å². The molecule has 0 unspecified atom stereocenters. The van der Waals surface area contributed by atoms with Gasteiger partial charge in [-0.25, -0.2) is 0 Å². The third-order valence-corrected chi connectivity index (χ3v) is 4.93. The van der Waals surface area contributed by atoms with Crippen LogP contribution in [0.1, 0.15) is 25.7 Å². The van der Waals surface area contributed by atoms with Crippen molar-refractivity contribution in [2.75, 3.05) is 19.0 Å². The van der Waals surface area contributed by atoms with Crippen LogP contribution in [0, 0.1) is 0 Å². The molecular formula is C22H23BrO4. The second kappa shape index (κ2) is 9.60. The summed E-state index contributed by atoms with van der Waals surface area (Å²) in [6, 6.07) is 14.3. The molecule has 0 saturated carbocycles. The van der Waals surface area contributed by atoms with Gasteiger partial charge in [0.2, 0.25) is 0 Å². The third-order valence-electron chi connectivity index (χ3n) is 4.37. The lowest BCUT2D eigenvalue weighted by Gasteiger charge is -2.08. The van der Waals surface area contributed by atoms with E-state index in [-0.39, 0.29) is 5.43 Å². The Morgan fingerprint density at radius 1 is 0.926 bits per heavy atom. The number of alkyl halides is 1. The summed E-state index contributed by atoms with van der Waals surface area (Å²) in [4.78, 5) is 12.4. The second-order valence-corrected chi connectivity index (χ2v) is 7.11. The summed E-state index contributed by atoms with van der Waals surface area (Å²) < 4.78 is 17.0. The highest BCUT2D eigenvalue weighted by molar-refractivity contribution is 9.09. The molecule has 0 atom stereocenters. The van der Waals surface area contributed by atoms with Gasteiger partial charge in [-0.15, -0.1) is 0 Å². The summed E-state index contributed by atoms with van der Waals surface area (Å²) in [5.41, 5.74) is 1.29. The largest absolute Gasteiger partial charge is 0.497 e. The standard InChI is InChI=1S/C22H23BrO4/c1-25-17-8-6-16(7-9-17)21-15-20(24)19-11-10-18(14-22(19)27-21)26-13-5-3-2-4-12-23/h6-11,14-15H,2-5,12-13H2,1H3. The van der Waals surface area contributed by atoms with Crippen LogP contribution in [0.25, 0.3) is 22.3 Å². The molecule has 4 nitrogen and oxygen atoms in total. The van der Waals surface area contributed by atoms with E-state index in [1.807, 2.05) is 30.3 Å². The topological polar surface area (TPSA) is 48.7 Å². The molecule has 0 aliphatic carbocycles. The molecule has 0 aliphatic heterocycles. The molecule has 0 bridgehead atoms. The smallest absolute Gasteiger partial charge is 0.193 e. The maximum Gasteiger partial charge on any atom is 0.193 e. The van der Waals surface area contributed by atoms with Crippen LogP contribution in [0.4, 0.5) is 0 Å². The molecular weight excluding hydrogens is 408 g/mol. The molecule has 5 heteroatoms. The molecule has 0 saturated heterocycles. The molecule has 0 N–H and O–H groups in total. The normalized spacial score (nSPS) is 10.9. The fourth-order valence-corrected chi connectivity index (χ4v) is 3.26. The van der Waals surface area contributed by atoms with Crippen LogP contribution in [0.5, 0.6) is 11.5 Å². The summed E-state index contributed by atoms with van der Waals surface area (Å²) in [6.07, 6.45) is 4.55. The van der Waals surface area contributed by atoms with Crippen molar-refractivity contribution >= 4 is 26.9 Å². The quantitative estimate of drug-likeness (QED) is 0.317. The second-order valence-electron chi connectivity index (χ2n) is 6.31. The number of hydrogen-bond donors (Lipinski definition) is 0. The van der Waals surface area contributed by atoms with Crippen molar-refractivity contribution < 1.29 is 13.9 Å². The highest BCUT2D eigenvalue weighted by Gasteiger charge is 2.08. The molecule has 0 radical (unpaired) electrons. The predicted octanol–water partition coefficient (Wildman–Crippen LogP) is 5.80. The Kier molecular flexibility index (Phi) is 6.93. The Labute approximate surface area is 167 Å². The predicted molar refractivity (Wildman–Crippen MR) is 112 cm³/mol. The molecule has 142 valence electrons. The molecule has 2 aromatic carbocycles. The number of fused-ring (bicyclic) bond motifs is 1. The average Bonchev–Trinajstić information content (AvgIpc) is 2.70. The van der Waals surface area contributed by atoms with Gasteiger partial charge in [0.15, 0.2) is 5.43 Å². The first kappa shape index (κ1) is 19.5. The number of halogens is 1. The zero-order chi connectivity index (χ0) is 19.1. The van der Waals surface area contributed by atoms with Crippen LogP contribution < -0.4 is 14.9 Å². The van der Waals surface area contributed by atoms with Crippen LogP contribution >= 0.6 is 15.9 Å². The number of rotatable bonds is 9. The first-order valence-corrected chi connectivity index (χ1v) is 10.2. The van der Waals surface area contributed by atoms with Crippen molar-refractivity contribution in [2.45, 2.75) is 25.7 Å².